The van der Waals surface area contributed by atoms with Crippen LogP contribution in [0.3, 0.4) is 0 Å². The maximum atomic E-state index is 5.12. The van der Waals surface area contributed by atoms with Crippen molar-refractivity contribution in [1.82, 2.24) is 15.1 Å². The number of aryl methyl sites for hydroxylation is 2. The summed E-state index contributed by atoms with van der Waals surface area (Å²) in [5.41, 5.74) is 3.87. The van der Waals surface area contributed by atoms with Crippen LogP contribution >= 0.6 is 0 Å². The highest BCUT2D eigenvalue weighted by atomic mass is 16.5. The fourth-order valence-electron chi connectivity index (χ4n) is 2.10. The summed E-state index contributed by atoms with van der Waals surface area (Å²) in [6.45, 7) is 6.10. The zero-order valence-corrected chi connectivity index (χ0v) is 9.55. The van der Waals surface area contributed by atoms with Crippen molar-refractivity contribution in [3.05, 3.63) is 17.0 Å². The van der Waals surface area contributed by atoms with Crippen LogP contribution in [0.1, 0.15) is 23.4 Å². The third-order valence-corrected chi connectivity index (χ3v) is 3.04. The van der Waals surface area contributed by atoms with Crippen molar-refractivity contribution in [2.45, 2.75) is 26.3 Å². The molecule has 1 aromatic rings. The van der Waals surface area contributed by atoms with E-state index in [1.807, 2.05) is 0 Å². The molecular formula is C11H19N3O. The molecule has 15 heavy (non-hydrogen) atoms. The van der Waals surface area contributed by atoms with Crippen LogP contribution in [0.15, 0.2) is 0 Å². The summed E-state index contributed by atoms with van der Waals surface area (Å²) in [6, 6.07) is 0. The molecule has 0 bridgehead atoms. The number of rotatable bonds is 3. The van der Waals surface area contributed by atoms with Gasteiger partial charge in [-0.05, 0) is 26.3 Å². The highest BCUT2D eigenvalue weighted by Gasteiger charge is 2.17. The van der Waals surface area contributed by atoms with E-state index in [4.69, 9.17) is 4.74 Å². The molecule has 1 aliphatic heterocycles. The summed E-state index contributed by atoms with van der Waals surface area (Å²) in [4.78, 5) is 2.44. The van der Waals surface area contributed by atoms with E-state index in [0.29, 0.717) is 0 Å². The Morgan fingerprint density at radius 2 is 2.40 bits per heavy atom. The van der Waals surface area contributed by atoms with Crippen molar-refractivity contribution in [2.75, 3.05) is 26.8 Å². The molecule has 1 aliphatic rings. The van der Waals surface area contributed by atoms with Gasteiger partial charge in [0.25, 0.3) is 0 Å². The first kappa shape index (κ1) is 10.6. The lowest BCUT2D eigenvalue weighted by atomic mass is 10.1. The molecule has 1 N–H and O–H groups in total. The third kappa shape index (κ3) is 2.38. The van der Waals surface area contributed by atoms with Crippen LogP contribution in [-0.2, 0) is 17.7 Å². The summed E-state index contributed by atoms with van der Waals surface area (Å²) < 4.78 is 5.12. The van der Waals surface area contributed by atoms with Gasteiger partial charge in [-0.3, -0.25) is 10.00 Å². The summed E-state index contributed by atoms with van der Waals surface area (Å²) in [5.74, 6) is 0. The second-order valence-electron chi connectivity index (χ2n) is 4.15. The summed E-state index contributed by atoms with van der Waals surface area (Å²) in [5, 5.41) is 7.42. The van der Waals surface area contributed by atoms with Gasteiger partial charge in [-0.25, -0.2) is 0 Å². The van der Waals surface area contributed by atoms with E-state index in [1.54, 1.807) is 7.11 Å². The fraction of sp³-hybridized carbons (Fsp3) is 0.727. The predicted octanol–water partition coefficient (Wildman–Crippen LogP) is 1.11. The minimum atomic E-state index is 0.812. The van der Waals surface area contributed by atoms with E-state index in [9.17, 15) is 0 Å². The molecule has 0 unspecified atom stereocenters. The van der Waals surface area contributed by atoms with Crippen molar-refractivity contribution in [3.63, 3.8) is 0 Å². The fourth-order valence-corrected chi connectivity index (χ4v) is 2.10. The van der Waals surface area contributed by atoms with Gasteiger partial charge in [-0.2, -0.15) is 5.10 Å². The van der Waals surface area contributed by atoms with Gasteiger partial charge in [0, 0.05) is 31.5 Å². The molecule has 2 rings (SSSR count). The minimum absolute atomic E-state index is 0.812. The summed E-state index contributed by atoms with van der Waals surface area (Å²) in [6.07, 6.45) is 2.30. The molecule has 0 saturated carbocycles. The van der Waals surface area contributed by atoms with Crippen LogP contribution in [0, 0.1) is 6.92 Å². The molecule has 1 aromatic heterocycles. The van der Waals surface area contributed by atoms with E-state index in [1.165, 1.54) is 23.4 Å². The van der Waals surface area contributed by atoms with Gasteiger partial charge in [0.15, 0.2) is 0 Å². The molecule has 4 heteroatoms. The molecule has 4 nitrogen and oxygen atoms in total. The normalized spacial score (nSPS) is 17.5. The second-order valence-corrected chi connectivity index (χ2v) is 4.15. The first-order valence-electron chi connectivity index (χ1n) is 5.55. The third-order valence-electron chi connectivity index (χ3n) is 3.04. The quantitative estimate of drug-likeness (QED) is 0.811. The number of methoxy groups -OCH3 is 1. The lowest BCUT2D eigenvalue weighted by molar-refractivity contribution is 0.145. The number of aromatic amines is 1. The van der Waals surface area contributed by atoms with Crippen LogP contribution in [-0.4, -0.2) is 41.9 Å². The Balaban J connectivity index is 2.06. The van der Waals surface area contributed by atoms with Gasteiger partial charge in [0.2, 0.25) is 0 Å². The van der Waals surface area contributed by atoms with Gasteiger partial charge >= 0.3 is 0 Å². The molecule has 0 saturated heterocycles. The first-order chi connectivity index (χ1) is 7.31. The Morgan fingerprint density at radius 3 is 3.20 bits per heavy atom. The average molecular weight is 209 g/mol. The standard InChI is InChI=1S/C11H19N3O/c1-9-10-8-14(6-7-15-2)5-3-4-11(10)13-12-9/h3-8H2,1-2H3,(H,12,13). The Bertz CT molecular complexity index is 322. The average Bonchev–Trinajstić information content (AvgIpc) is 2.50. The van der Waals surface area contributed by atoms with Crippen LogP contribution < -0.4 is 0 Å². The zero-order chi connectivity index (χ0) is 10.7. The van der Waals surface area contributed by atoms with E-state index in [-0.39, 0.29) is 0 Å². The van der Waals surface area contributed by atoms with Gasteiger partial charge in [-0.15, -0.1) is 0 Å². The van der Waals surface area contributed by atoms with Crippen LogP contribution in [0.4, 0.5) is 0 Å². The number of nitrogens with zero attached hydrogens (tertiary/aromatic N) is 2. The largest absolute Gasteiger partial charge is 0.383 e. The Labute approximate surface area is 90.6 Å². The monoisotopic (exact) mass is 209 g/mol. The number of aromatic nitrogens is 2. The van der Waals surface area contributed by atoms with Crippen molar-refractivity contribution >= 4 is 0 Å². The maximum absolute atomic E-state index is 5.12. The Kier molecular flexibility index (Phi) is 3.38. The molecular weight excluding hydrogens is 190 g/mol. The molecule has 0 aromatic carbocycles. The van der Waals surface area contributed by atoms with Crippen LogP contribution in [0.2, 0.25) is 0 Å². The lowest BCUT2D eigenvalue weighted by Gasteiger charge is -2.19. The number of nitrogens with one attached hydrogen (secondary N) is 1. The predicted molar refractivity (Wildman–Crippen MR) is 58.8 cm³/mol. The van der Waals surface area contributed by atoms with E-state index >= 15 is 0 Å². The summed E-state index contributed by atoms with van der Waals surface area (Å²) in [7, 11) is 1.76. The number of H-pyrrole nitrogens is 1. The molecule has 0 radical (unpaired) electrons. The maximum Gasteiger partial charge on any atom is 0.0670 e. The van der Waals surface area contributed by atoms with Gasteiger partial charge < -0.3 is 4.74 Å². The second kappa shape index (κ2) is 4.77. The Morgan fingerprint density at radius 1 is 1.53 bits per heavy atom. The highest BCUT2D eigenvalue weighted by Crippen LogP contribution is 2.18. The number of hydrogen-bond donors (Lipinski definition) is 1. The van der Waals surface area contributed by atoms with Gasteiger partial charge in [0.1, 0.15) is 0 Å². The Hall–Kier alpha value is -0.870. The van der Waals surface area contributed by atoms with Crippen molar-refractivity contribution in [2.24, 2.45) is 0 Å². The smallest absolute Gasteiger partial charge is 0.0670 e. The van der Waals surface area contributed by atoms with E-state index in [2.05, 4.69) is 22.0 Å². The summed E-state index contributed by atoms with van der Waals surface area (Å²) >= 11 is 0. The van der Waals surface area contributed by atoms with Gasteiger partial charge in [0.05, 0.1) is 12.3 Å². The van der Waals surface area contributed by atoms with E-state index in [0.717, 1.165) is 32.7 Å². The zero-order valence-electron chi connectivity index (χ0n) is 9.55. The SMILES string of the molecule is COCCN1CCCc2n[nH]c(C)c2C1. The molecule has 0 fully saturated rings. The highest BCUT2D eigenvalue weighted by molar-refractivity contribution is 5.25. The lowest BCUT2D eigenvalue weighted by Crippen LogP contribution is -2.27. The van der Waals surface area contributed by atoms with Crippen molar-refractivity contribution in [3.8, 4) is 0 Å². The number of hydrogen-bond acceptors (Lipinski definition) is 3. The molecule has 0 spiro atoms. The topological polar surface area (TPSA) is 41.1 Å². The molecule has 0 aliphatic carbocycles. The van der Waals surface area contributed by atoms with Gasteiger partial charge in [-0.1, -0.05) is 0 Å². The number of fused-ring (bicyclic) bond motifs is 1. The van der Waals surface area contributed by atoms with Crippen LogP contribution in [0.25, 0.3) is 0 Å². The minimum Gasteiger partial charge on any atom is -0.383 e. The van der Waals surface area contributed by atoms with Crippen LogP contribution in [0.5, 0.6) is 0 Å². The molecule has 84 valence electrons. The molecule has 2 heterocycles. The van der Waals surface area contributed by atoms with Crippen molar-refractivity contribution < 1.29 is 4.74 Å². The number of ether oxygens (including phenoxy) is 1. The molecule has 0 atom stereocenters. The van der Waals surface area contributed by atoms with E-state index < -0.39 is 0 Å². The van der Waals surface area contributed by atoms with Crippen molar-refractivity contribution in [1.29, 1.82) is 0 Å². The first-order valence-corrected chi connectivity index (χ1v) is 5.55. The molecule has 0 amide bonds.